The quantitative estimate of drug-likeness (QED) is 0.723. The highest BCUT2D eigenvalue weighted by Crippen LogP contribution is 2.37. The highest BCUT2D eigenvalue weighted by molar-refractivity contribution is 5.74. The third-order valence-electron chi connectivity index (χ3n) is 4.70. The number of urea groups is 1. The summed E-state index contributed by atoms with van der Waals surface area (Å²) >= 11 is 0. The summed E-state index contributed by atoms with van der Waals surface area (Å²) in [5.41, 5.74) is 0.898. The summed E-state index contributed by atoms with van der Waals surface area (Å²) < 4.78 is 5.59. The second kappa shape index (κ2) is 8.20. The van der Waals surface area contributed by atoms with E-state index in [4.69, 9.17) is 4.74 Å². The number of para-hydroxylation sites is 1. The topological polar surface area (TPSA) is 70.6 Å². The predicted molar refractivity (Wildman–Crippen MR) is 90.7 cm³/mol. The van der Waals surface area contributed by atoms with Crippen LogP contribution in [0.5, 0.6) is 5.75 Å². The molecular weight excluding hydrogens is 292 g/mol. The van der Waals surface area contributed by atoms with Crippen molar-refractivity contribution in [2.45, 2.75) is 45.6 Å². The lowest BCUT2D eigenvalue weighted by molar-refractivity contribution is 0.121. The van der Waals surface area contributed by atoms with E-state index in [9.17, 15) is 9.90 Å². The summed E-state index contributed by atoms with van der Waals surface area (Å²) in [5, 5.41) is 15.4. The van der Waals surface area contributed by atoms with Gasteiger partial charge in [-0.15, -0.1) is 0 Å². The molecule has 1 fully saturated rings. The maximum Gasteiger partial charge on any atom is 0.315 e. The number of carbonyl (C=O) groups is 1. The lowest BCUT2D eigenvalue weighted by Gasteiger charge is -2.30. The van der Waals surface area contributed by atoms with Gasteiger partial charge in [-0.2, -0.15) is 0 Å². The Hall–Kier alpha value is -1.75. The van der Waals surface area contributed by atoms with Gasteiger partial charge in [0.2, 0.25) is 0 Å². The van der Waals surface area contributed by atoms with Crippen molar-refractivity contribution in [1.82, 2.24) is 10.6 Å². The zero-order valence-electron chi connectivity index (χ0n) is 14.1. The zero-order chi connectivity index (χ0) is 16.7. The van der Waals surface area contributed by atoms with Crippen LogP contribution in [-0.4, -0.2) is 36.9 Å². The molecule has 2 rings (SSSR count). The van der Waals surface area contributed by atoms with Gasteiger partial charge in [-0.3, -0.25) is 0 Å². The van der Waals surface area contributed by atoms with Gasteiger partial charge in [0.05, 0.1) is 13.2 Å². The van der Waals surface area contributed by atoms with Crippen LogP contribution in [0.25, 0.3) is 0 Å². The first-order chi connectivity index (χ1) is 11.1. The minimum absolute atomic E-state index is 0.0446. The van der Waals surface area contributed by atoms with Gasteiger partial charge >= 0.3 is 6.03 Å². The molecule has 1 aliphatic rings. The van der Waals surface area contributed by atoms with Crippen molar-refractivity contribution < 1.29 is 14.6 Å². The molecule has 0 spiro atoms. The molecule has 5 nitrogen and oxygen atoms in total. The molecule has 2 unspecified atom stereocenters. The van der Waals surface area contributed by atoms with Crippen molar-refractivity contribution in [3.05, 3.63) is 29.8 Å². The lowest BCUT2D eigenvalue weighted by Crippen LogP contribution is -2.48. The van der Waals surface area contributed by atoms with Crippen molar-refractivity contribution in [2.75, 3.05) is 19.8 Å². The number of nitrogens with one attached hydrogen (secondary N) is 2. The maximum absolute atomic E-state index is 12.1. The highest BCUT2D eigenvalue weighted by atomic mass is 16.5. The van der Waals surface area contributed by atoms with Crippen LogP contribution in [0.15, 0.2) is 24.3 Å². The van der Waals surface area contributed by atoms with Crippen LogP contribution < -0.4 is 15.4 Å². The molecule has 2 atom stereocenters. The molecule has 0 aliphatic heterocycles. The van der Waals surface area contributed by atoms with Crippen LogP contribution >= 0.6 is 0 Å². The average Bonchev–Trinajstić information content (AvgIpc) is 2.91. The third kappa shape index (κ3) is 4.61. The number of hydrogen-bond acceptors (Lipinski definition) is 3. The number of hydrogen-bond donors (Lipinski definition) is 3. The van der Waals surface area contributed by atoms with Crippen LogP contribution in [0, 0.1) is 5.41 Å². The van der Waals surface area contributed by atoms with Gasteiger partial charge in [-0.25, -0.2) is 4.79 Å². The van der Waals surface area contributed by atoms with Gasteiger partial charge in [0.1, 0.15) is 5.75 Å². The standard InChI is InChI=1S/C18H28N2O3/c1-3-23-15-8-5-4-7-14(15)10-12-19-17(22)20-16-9-6-11-18(16,2)13-21/h4-5,7-8,16,21H,3,6,9-13H2,1-2H3,(H2,19,20,22). The van der Waals surface area contributed by atoms with Gasteiger partial charge < -0.3 is 20.5 Å². The first kappa shape index (κ1) is 17.6. The SMILES string of the molecule is CCOc1ccccc1CCNC(=O)NC1CCCC1(C)CO. The number of aliphatic hydroxyl groups excluding tert-OH is 1. The number of ether oxygens (including phenoxy) is 1. The Labute approximate surface area is 138 Å². The van der Waals surface area contributed by atoms with E-state index < -0.39 is 0 Å². The first-order valence-electron chi connectivity index (χ1n) is 8.45. The Balaban J connectivity index is 1.79. The number of aliphatic hydroxyl groups is 1. The van der Waals surface area contributed by atoms with E-state index in [-0.39, 0.29) is 24.1 Å². The van der Waals surface area contributed by atoms with E-state index in [1.165, 1.54) is 0 Å². The predicted octanol–water partition coefficient (Wildman–Crippen LogP) is 2.48. The first-order valence-corrected chi connectivity index (χ1v) is 8.45. The summed E-state index contributed by atoms with van der Waals surface area (Å²) in [4.78, 5) is 12.1. The van der Waals surface area contributed by atoms with Crippen LogP contribution in [0.2, 0.25) is 0 Å². The molecule has 1 aromatic carbocycles. The molecule has 0 heterocycles. The van der Waals surface area contributed by atoms with E-state index in [0.717, 1.165) is 37.0 Å². The normalized spacial score (nSPS) is 23.5. The molecule has 23 heavy (non-hydrogen) atoms. The van der Waals surface area contributed by atoms with E-state index in [0.29, 0.717) is 13.2 Å². The van der Waals surface area contributed by atoms with Crippen molar-refractivity contribution in [2.24, 2.45) is 5.41 Å². The van der Waals surface area contributed by atoms with E-state index in [1.807, 2.05) is 38.1 Å². The maximum atomic E-state index is 12.1. The summed E-state index contributed by atoms with van der Waals surface area (Å²) in [6, 6.07) is 7.77. The summed E-state index contributed by atoms with van der Waals surface area (Å²) in [6.45, 7) is 5.29. The Morgan fingerprint density at radius 3 is 2.96 bits per heavy atom. The zero-order valence-corrected chi connectivity index (χ0v) is 14.1. The molecule has 0 aromatic heterocycles. The second-order valence-corrected chi connectivity index (χ2v) is 6.45. The molecule has 1 aromatic rings. The third-order valence-corrected chi connectivity index (χ3v) is 4.70. The molecule has 5 heteroatoms. The number of amides is 2. The molecule has 0 saturated heterocycles. The van der Waals surface area contributed by atoms with E-state index in [2.05, 4.69) is 10.6 Å². The van der Waals surface area contributed by atoms with Crippen LogP contribution in [-0.2, 0) is 6.42 Å². The van der Waals surface area contributed by atoms with Gasteiger partial charge in [0, 0.05) is 18.0 Å². The molecule has 1 aliphatic carbocycles. The van der Waals surface area contributed by atoms with Crippen LogP contribution in [0.1, 0.15) is 38.7 Å². The fraction of sp³-hybridized carbons (Fsp3) is 0.611. The number of carbonyl (C=O) groups excluding carboxylic acids is 1. The fourth-order valence-electron chi connectivity index (χ4n) is 3.20. The van der Waals surface area contributed by atoms with Gasteiger partial charge in [-0.1, -0.05) is 31.5 Å². The molecular formula is C18H28N2O3. The number of rotatable bonds is 7. The minimum Gasteiger partial charge on any atom is -0.494 e. The van der Waals surface area contributed by atoms with Crippen molar-refractivity contribution in [3.63, 3.8) is 0 Å². The van der Waals surface area contributed by atoms with Crippen molar-refractivity contribution in [3.8, 4) is 5.75 Å². The smallest absolute Gasteiger partial charge is 0.315 e. The second-order valence-electron chi connectivity index (χ2n) is 6.45. The average molecular weight is 320 g/mol. The number of benzene rings is 1. The molecule has 3 N–H and O–H groups in total. The van der Waals surface area contributed by atoms with Gasteiger partial charge in [0.25, 0.3) is 0 Å². The van der Waals surface area contributed by atoms with E-state index >= 15 is 0 Å². The Kier molecular flexibility index (Phi) is 6.28. The largest absolute Gasteiger partial charge is 0.494 e. The van der Waals surface area contributed by atoms with Gasteiger partial charge in [0.15, 0.2) is 0 Å². The molecule has 128 valence electrons. The Morgan fingerprint density at radius 2 is 2.22 bits per heavy atom. The minimum atomic E-state index is -0.196. The summed E-state index contributed by atoms with van der Waals surface area (Å²) in [5.74, 6) is 0.876. The monoisotopic (exact) mass is 320 g/mol. The van der Waals surface area contributed by atoms with Crippen molar-refractivity contribution in [1.29, 1.82) is 0 Å². The lowest BCUT2D eigenvalue weighted by atomic mass is 9.86. The Bertz CT molecular complexity index is 521. The summed E-state index contributed by atoms with van der Waals surface area (Å²) in [7, 11) is 0. The van der Waals surface area contributed by atoms with E-state index in [1.54, 1.807) is 0 Å². The molecule has 2 amide bonds. The fourth-order valence-corrected chi connectivity index (χ4v) is 3.20. The molecule has 0 bridgehead atoms. The molecule has 1 saturated carbocycles. The van der Waals surface area contributed by atoms with Gasteiger partial charge in [-0.05, 0) is 37.8 Å². The Morgan fingerprint density at radius 1 is 1.43 bits per heavy atom. The van der Waals surface area contributed by atoms with Crippen LogP contribution in [0.3, 0.4) is 0 Å². The van der Waals surface area contributed by atoms with Crippen molar-refractivity contribution >= 4 is 6.03 Å². The van der Waals surface area contributed by atoms with Crippen LogP contribution in [0.4, 0.5) is 4.79 Å². The highest BCUT2D eigenvalue weighted by Gasteiger charge is 2.38. The summed E-state index contributed by atoms with van der Waals surface area (Å²) in [6.07, 6.45) is 3.66. The molecule has 0 radical (unpaired) electrons.